The molecular weight excluding hydrogens is 250 g/mol. The third-order valence-corrected chi connectivity index (χ3v) is 3.26. The molecule has 0 aliphatic carbocycles. The van der Waals surface area contributed by atoms with Gasteiger partial charge >= 0.3 is 5.97 Å². The van der Waals surface area contributed by atoms with E-state index >= 15 is 0 Å². The number of nitrogens with one attached hydrogen (secondary N) is 1. The molecule has 0 saturated heterocycles. The number of nitrogens with zero attached hydrogens (tertiary/aromatic N) is 1. The van der Waals surface area contributed by atoms with Gasteiger partial charge < -0.3 is 16.2 Å². The average molecular weight is 263 g/mol. The third-order valence-electron chi connectivity index (χ3n) is 2.44. The van der Waals surface area contributed by atoms with Gasteiger partial charge in [-0.3, -0.25) is 0 Å². The van der Waals surface area contributed by atoms with Crippen molar-refractivity contribution >= 4 is 28.7 Å². The van der Waals surface area contributed by atoms with Crippen LogP contribution in [0.3, 0.4) is 0 Å². The SMILES string of the molecule is Cc1nc(CNc2c(N)cccc2C(=O)O)cs1. The van der Waals surface area contributed by atoms with Crippen molar-refractivity contribution in [1.29, 1.82) is 0 Å². The lowest BCUT2D eigenvalue weighted by Crippen LogP contribution is -2.09. The predicted octanol–water partition coefficient (Wildman–Crippen LogP) is 2.34. The van der Waals surface area contributed by atoms with Crippen molar-refractivity contribution in [2.24, 2.45) is 0 Å². The number of aryl methyl sites for hydroxylation is 1. The van der Waals surface area contributed by atoms with E-state index in [9.17, 15) is 4.79 Å². The first-order valence-electron chi connectivity index (χ1n) is 5.34. The van der Waals surface area contributed by atoms with Crippen molar-refractivity contribution in [2.75, 3.05) is 11.1 Å². The van der Waals surface area contributed by atoms with Crippen LogP contribution in [0.25, 0.3) is 0 Å². The van der Waals surface area contributed by atoms with Crippen LogP contribution >= 0.6 is 11.3 Å². The number of nitrogen functional groups attached to an aromatic ring is 1. The van der Waals surface area contributed by atoms with E-state index < -0.39 is 5.97 Å². The van der Waals surface area contributed by atoms with Crippen LogP contribution in [0.2, 0.25) is 0 Å². The maximum absolute atomic E-state index is 11.1. The number of carboxylic acid groups (broad SMARTS) is 1. The Bertz CT molecular complexity index is 580. The number of hydrogen-bond acceptors (Lipinski definition) is 5. The second-order valence-corrected chi connectivity index (χ2v) is 4.85. The van der Waals surface area contributed by atoms with Gasteiger partial charge in [-0.15, -0.1) is 11.3 Å². The van der Waals surface area contributed by atoms with Gasteiger partial charge in [0, 0.05) is 5.38 Å². The van der Waals surface area contributed by atoms with Crippen LogP contribution in [0.4, 0.5) is 11.4 Å². The first-order valence-corrected chi connectivity index (χ1v) is 6.22. The highest BCUT2D eigenvalue weighted by Gasteiger charge is 2.12. The highest BCUT2D eigenvalue weighted by atomic mass is 32.1. The molecule has 0 aliphatic heterocycles. The number of thiazole rings is 1. The molecule has 2 aromatic rings. The average Bonchev–Trinajstić information content (AvgIpc) is 2.73. The van der Waals surface area contributed by atoms with Crippen LogP contribution in [0, 0.1) is 6.92 Å². The highest BCUT2D eigenvalue weighted by molar-refractivity contribution is 7.09. The zero-order valence-corrected chi connectivity index (χ0v) is 10.6. The maximum Gasteiger partial charge on any atom is 0.337 e. The molecule has 4 N–H and O–H groups in total. The lowest BCUT2D eigenvalue weighted by molar-refractivity contribution is 0.0698. The summed E-state index contributed by atoms with van der Waals surface area (Å²) in [6.07, 6.45) is 0. The normalized spacial score (nSPS) is 10.3. The fourth-order valence-electron chi connectivity index (χ4n) is 1.61. The minimum atomic E-state index is -1.00. The van der Waals surface area contributed by atoms with Gasteiger partial charge in [0.1, 0.15) is 0 Å². The van der Waals surface area contributed by atoms with Crippen LogP contribution in [0.5, 0.6) is 0 Å². The first kappa shape index (κ1) is 12.4. The van der Waals surface area contributed by atoms with Gasteiger partial charge in [-0.2, -0.15) is 0 Å². The molecular formula is C12H13N3O2S. The Morgan fingerprint density at radius 3 is 2.94 bits per heavy atom. The summed E-state index contributed by atoms with van der Waals surface area (Å²) in [5, 5.41) is 15.0. The molecule has 2 rings (SSSR count). The van der Waals surface area contributed by atoms with E-state index in [2.05, 4.69) is 10.3 Å². The molecule has 0 bridgehead atoms. The van der Waals surface area contributed by atoms with E-state index in [1.54, 1.807) is 23.5 Å². The number of aromatic carboxylic acids is 1. The largest absolute Gasteiger partial charge is 0.478 e. The second kappa shape index (κ2) is 5.05. The van der Waals surface area contributed by atoms with Gasteiger partial charge in [0.05, 0.1) is 34.2 Å². The monoisotopic (exact) mass is 263 g/mol. The topological polar surface area (TPSA) is 88.2 Å². The molecule has 1 aromatic heterocycles. The van der Waals surface area contributed by atoms with Crippen LogP contribution in [0.1, 0.15) is 21.1 Å². The summed E-state index contributed by atoms with van der Waals surface area (Å²) in [5.74, 6) is -1.00. The number of benzene rings is 1. The molecule has 0 aliphatic rings. The Balaban J connectivity index is 2.20. The van der Waals surface area contributed by atoms with Gasteiger partial charge in [0.15, 0.2) is 0 Å². The third kappa shape index (κ3) is 2.60. The molecule has 18 heavy (non-hydrogen) atoms. The molecule has 0 amide bonds. The van der Waals surface area contributed by atoms with Crippen molar-refractivity contribution in [3.05, 3.63) is 39.8 Å². The van der Waals surface area contributed by atoms with Gasteiger partial charge in [-0.1, -0.05) is 6.07 Å². The second-order valence-electron chi connectivity index (χ2n) is 3.79. The summed E-state index contributed by atoms with van der Waals surface area (Å²) < 4.78 is 0. The molecule has 0 spiro atoms. The quantitative estimate of drug-likeness (QED) is 0.737. The van der Waals surface area contributed by atoms with Gasteiger partial charge in [-0.25, -0.2) is 9.78 Å². The maximum atomic E-state index is 11.1. The van der Waals surface area contributed by atoms with Crippen LogP contribution < -0.4 is 11.1 Å². The summed E-state index contributed by atoms with van der Waals surface area (Å²) in [5.41, 5.74) is 7.68. The van der Waals surface area contributed by atoms with Crippen molar-refractivity contribution in [1.82, 2.24) is 4.98 Å². The summed E-state index contributed by atoms with van der Waals surface area (Å²) in [6, 6.07) is 4.81. The Labute approximate surface area is 108 Å². The molecule has 1 aromatic carbocycles. The summed E-state index contributed by atoms with van der Waals surface area (Å²) >= 11 is 1.56. The Morgan fingerprint density at radius 1 is 1.56 bits per heavy atom. The van der Waals surface area contributed by atoms with Gasteiger partial charge in [0.25, 0.3) is 0 Å². The number of hydrogen-bond donors (Lipinski definition) is 3. The smallest absolute Gasteiger partial charge is 0.337 e. The zero-order chi connectivity index (χ0) is 13.1. The highest BCUT2D eigenvalue weighted by Crippen LogP contribution is 2.24. The van der Waals surface area contributed by atoms with Gasteiger partial charge in [-0.05, 0) is 19.1 Å². The number of aromatic nitrogens is 1. The van der Waals surface area contributed by atoms with Crippen LogP contribution in [-0.2, 0) is 6.54 Å². The van der Waals surface area contributed by atoms with E-state index in [0.29, 0.717) is 17.9 Å². The zero-order valence-electron chi connectivity index (χ0n) is 9.80. The van der Waals surface area contributed by atoms with E-state index in [4.69, 9.17) is 10.8 Å². The number of anilines is 2. The fourth-order valence-corrected chi connectivity index (χ4v) is 2.23. The van der Waals surface area contributed by atoms with Crippen molar-refractivity contribution in [2.45, 2.75) is 13.5 Å². The molecule has 0 atom stereocenters. The Kier molecular flexibility index (Phi) is 3.47. The number of para-hydroxylation sites is 1. The lowest BCUT2D eigenvalue weighted by atomic mass is 10.1. The number of nitrogens with two attached hydrogens (primary N) is 1. The molecule has 0 unspecified atom stereocenters. The van der Waals surface area contributed by atoms with E-state index in [1.807, 2.05) is 12.3 Å². The lowest BCUT2D eigenvalue weighted by Gasteiger charge is -2.11. The van der Waals surface area contributed by atoms with E-state index in [0.717, 1.165) is 10.7 Å². The summed E-state index contributed by atoms with van der Waals surface area (Å²) in [4.78, 5) is 15.4. The first-order chi connectivity index (χ1) is 8.58. The number of rotatable bonds is 4. The molecule has 1 heterocycles. The number of carbonyl (C=O) groups is 1. The van der Waals surface area contributed by atoms with Crippen molar-refractivity contribution in [3.63, 3.8) is 0 Å². The minimum Gasteiger partial charge on any atom is -0.478 e. The van der Waals surface area contributed by atoms with Crippen LogP contribution in [0.15, 0.2) is 23.6 Å². The molecule has 94 valence electrons. The fraction of sp³-hybridized carbons (Fsp3) is 0.167. The van der Waals surface area contributed by atoms with Crippen molar-refractivity contribution < 1.29 is 9.90 Å². The standard InChI is InChI=1S/C12H13N3O2S/c1-7-15-8(6-18-7)5-14-11-9(12(16)17)3-2-4-10(11)13/h2-4,6,14H,5,13H2,1H3,(H,16,17). The molecule has 0 saturated carbocycles. The Morgan fingerprint density at radius 2 is 2.33 bits per heavy atom. The minimum absolute atomic E-state index is 0.168. The van der Waals surface area contributed by atoms with E-state index in [1.165, 1.54) is 6.07 Å². The summed E-state index contributed by atoms with van der Waals surface area (Å²) in [7, 11) is 0. The molecule has 0 fully saturated rings. The molecule has 5 nitrogen and oxygen atoms in total. The van der Waals surface area contributed by atoms with Crippen molar-refractivity contribution in [3.8, 4) is 0 Å². The van der Waals surface area contributed by atoms with E-state index in [-0.39, 0.29) is 5.56 Å². The Hall–Kier alpha value is -2.08. The van der Waals surface area contributed by atoms with Gasteiger partial charge in [0.2, 0.25) is 0 Å². The molecule has 6 heteroatoms. The summed E-state index contributed by atoms with van der Waals surface area (Å²) in [6.45, 7) is 2.38. The predicted molar refractivity (Wildman–Crippen MR) is 72.0 cm³/mol. The number of carboxylic acids is 1. The van der Waals surface area contributed by atoms with Crippen LogP contribution in [-0.4, -0.2) is 16.1 Å². The molecule has 0 radical (unpaired) electrons.